The quantitative estimate of drug-likeness (QED) is 0.845. The number of nitrogens with zero attached hydrogens (tertiary/aromatic N) is 2. The first kappa shape index (κ1) is 15.7. The van der Waals surface area contributed by atoms with Gasteiger partial charge < -0.3 is 19.4 Å². The van der Waals surface area contributed by atoms with Gasteiger partial charge in [-0.2, -0.15) is 0 Å². The maximum absolute atomic E-state index is 12.4. The van der Waals surface area contributed by atoms with Gasteiger partial charge in [-0.15, -0.1) is 0 Å². The van der Waals surface area contributed by atoms with Crippen molar-refractivity contribution >= 4 is 23.0 Å². The first-order chi connectivity index (χ1) is 10.4. The lowest BCUT2D eigenvalue weighted by molar-refractivity contribution is -0.139. The third-order valence-electron chi connectivity index (χ3n) is 3.36. The average Bonchev–Trinajstić information content (AvgIpc) is 2.79. The molecule has 2 rings (SSSR count). The van der Waals surface area contributed by atoms with E-state index in [0.29, 0.717) is 12.8 Å². The fraction of sp³-hybridized carbons (Fsp3) is 0.429. The highest BCUT2D eigenvalue weighted by atomic mass is 16.4. The Bertz CT molecular complexity index is 790. The summed E-state index contributed by atoms with van der Waals surface area (Å²) in [5, 5.41) is 11.6. The summed E-state index contributed by atoms with van der Waals surface area (Å²) in [5.41, 5.74) is -0.325. The lowest BCUT2D eigenvalue weighted by atomic mass is 10.1. The van der Waals surface area contributed by atoms with E-state index >= 15 is 0 Å². The molecule has 1 atom stereocenters. The van der Waals surface area contributed by atoms with E-state index in [1.807, 2.05) is 6.92 Å². The molecule has 8 nitrogen and oxygen atoms in total. The van der Waals surface area contributed by atoms with Gasteiger partial charge >= 0.3 is 5.97 Å². The normalized spacial score (nSPS) is 12.3. The maximum atomic E-state index is 12.4. The van der Waals surface area contributed by atoms with Gasteiger partial charge in [0.2, 0.25) is 5.71 Å². The Morgan fingerprint density at radius 1 is 1.50 bits per heavy atom. The second-order valence-corrected chi connectivity index (χ2v) is 5.03. The monoisotopic (exact) mass is 307 g/mol. The summed E-state index contributed by atoms with van der Waals surface area (Å²) in [4.78, 5) is 39.7. The first-order valence-corrected chi connectivity index (χ1v) is 6.85. The van der Waals surface area contributed by atoms with Crippen molar-refractivity contribution in [2.45, 2.75) is 32.7 Å². The van der Waals surface area contributed by atoms with Crippen LogP contribution in [0, 0.1) is 6.92 Å². The second-order valence-electron chi connectivity index (χ2n) is 5.03. The Labute approximate surface area is 125 Å². The zero-order valence-corrected chi connectivity index (χ0v) is 12.5. The number of amides is 1. The molecule has 0 aliphatic rings. The van der Waals surface area contributed by atoms with Crippen molar-refractivity contribution in [1.82, 2.24) is 14.9 Å². The Balaban J connectivity index is 2.48. The molecule has 0 fully saturated rings. The van der Waals surface area contributed by atoms with Crippen LogP contribution in [0.1, 0.15) is 35.9 Å². The molecule has 0 bridgehead atoms. The van der Waals surface area contributed by atoms with Crippen LogP contribution in [0.5, 0.6) is 0 Å². The summed E-state index contributed by atoms with van der Waals surface area (Å²) in [6, 6.07) is -1.01. The number of aliphatic carboxylic acids is 1. The van der Waals surface area contributed by atoms with Crippen LogP contribution in [-0.2, 0) is 11.8 Å². The van der Waals surface area contributed by atoms with Crippen molar-refractivity contribution in [2.75, 3.05) is 0 Å². The predicted molar refractivity (Wildman–Crippen MR) is 77.8 cm³/mol. The van der Waals surface area contributed by atoms with Gasteiger partial charge in [0.05, 0.1) is 5.56 Å². The van der Waals surface area contributed by atoms with E-state index in [4.69, 9.17) is 9.52 Å². The van der Waals surface area contributed by atoms with Crippen molar-refractivity contribution in [3.8, 4) is 0 Å². The summed E-state index contributed by atoms with van der Waals surface area (Å²) in [6.07, 6.45) is 2.20. The maximum Gasteiger partial charge on any atom is 0.326 e. The van der Waals surface area contributed by atoms with Gasteiger partial charge in [0.15, 0.2) is 0 Å². The lowest BCUT2D eigenvalue weighted by Gasteiger charge is -2.13. The highest BCUT2D eigenvalue weighted by Crippen LogP contribution is 2.20. The summed E-state index contributed by atoms with van der Waals surface area (Å²) < 4.78 is 6.56. The predicted octanol–water partition coefficient (Wildman–Crippen LogP) is 0.818. The van der Waals surface area contributed by atoms with Crippen LogP contribution in [-0.4, -0.2) is 32.6 Å². The molecule has 2 aromatic heterocycles. The smallest absolute Gasteiger partial charge is 0.326 e. The number of carboxylic acid groups (broad SMARTS) is 1. The molecule has 2 heterocycles. The number of fused-ring (bicyclic) bond motifs is 1. The topological polar surface area (TPSA) is 114 Å². The summed E-state index contributed by atoms with van der Waals surface area (Å²) >= 11 is 0. The number of carboxylic acids is 1. The molecule has 0 saturated carbocycles. The molecule has 8 heteroatoms. The molecular weight excluding hydrogens is 290 g/mol. The number of carbonyl (C=O) groups is 2. The number of rotatable bonds is 5. The Morgan fingerprint density at radius 2 is 2.18 bits per heavy atom. The number of aromatic nitrogens is 2. The van der Waals surface area contributed by atoms with Gasteiger partial charge in [0, 0.05) is 7.05 Å². The first-order valence-electron chi connectivity index (χ1n) is 6.85. The average molecular weight is 307 g/mol. The molecule has 0 aromatic carbocycles. The standard InChI is InChI=1S/C14H17N3O5/c1-4-5-8(14(20)21)16-11(18)9-7(2)22-12-10(9)13(19)17(3)6-15-12/h6,8H,4-5H2,1-3H3,(H,16,18)(H,20,21). The molecule has 2 N–H and O–H groups in total. The minimum Gasteiger partial charge on any atom is -0.480 e. The Kier molecular flexibility index (Phi) is 4.30. The van der Waals surface area contributed by atoms with E-state index < -0.39 is 23.5 Å². The third-order valence-corrected chi connectivity index (χ3v) is 3.36. The third kappa shape index (κ3) is 2.72. The van der Waals surface area contributed by atoms with E-state index in [1.165, 1.54) is 24.9 Å². The van der Waals surface area contributed by atoms with Crippen LogP contribution in [0.2, 0.25) is 0 Å². The van der Waals surface area contributed by atoms with Crippen LogP contribution in [0.15, 0.2) is 15.5 Å². The van der Waals surface area contributed by atoms with Crippen LogP contribution in [0.25, 0.3) is 11.1 Å². The highest BCUT2D eigenvalue weighted by Gasteiger charge is 2.26. The summed E-state index contributed by atoms with van der Waals surface area (Å²) in [5.74, 6) is -1.54. The fourth-order valence-corrected chi connectivity index (χ4v) is 2.24. The molecule has 118 valence electrons. The van der Waals surface area contributed by atoms with Crippen molar-refractivity contribution < 1.29 is 19.1 Å². The van der Waals surface area contributed by atoms with E-state index in [-0.39, 0.29) is 22.4 Å². The number of hydrogen-bond acceptors (Lipinski definition) is 5. The van der Waals surface area contributed by atoms with Crippen molar-refractivity contribution in [1.29, 1.82) is 0 Å². The molecule has 22 heavy (non-hydrogen) atoms. The SMILES string of the molecule is CCCC(NC(=O)c1c(C)oc2ncn(C)c(=O)c12)C(=O)O. The van der Waals surface area contributed by atoms with Crippen molar-refractivity contribution in [2.24, 2.45) is 7.05 Å². The zero-order chi connectivity index (χ0) is 16.4. The zero-order valence-electron chi connectivity index (χ0n) is 12.5. The van der Waals surface area contributed by atoms with Crippen molar-refractivity contribution in [3.63, 3.8) is 0 Å². The minimum atomic E-state index is -1.12. The molecule has 1 unspecified atom stereocenters. The van der Waals surface area contributed by atoms with Crippen LogP contribution in [0.3, 0.4) is 0 Å². The number of furan rings is 1. The van der Waals surface area contributed by atoms with Crippen molar-refractivity contribution in [3.05, 3.63) is 28.0 Å². The van der Waals surface area contributed by atoms with Gasteiger partial charge in [-0.25, -0.2) is 9.78 Å². The Morgan fingerprint density at radius 3 is 2.77 bits per heavy atom. The molecule has 2 aromatic rings. The van der Waals surface area contributed by atoms with Gasteiger partial charge in [-0.3, -0.25) is 9.59 Å². The molecule has 0 saturated heterocycles. The molecule has 0 radical (unpaired) electrons. The minimum absolute atomic E-state index is 0.0334. The van der Waals surface area contributed by atoms with E-state index in [0.717, 1.165) is 0 Å². The van der Waals surface area contributed by atoms with Crippen LogP contribution >= 0.6 is 0 Å². The largest absolute Gasteiger partial charge is 0.480 e. The molecular formula is C14H17N3O5. The summed E-state index contributed by atoms with van der Waals surface area (Å²) in [7, 11) is 1.51. The number of aryl methyl sites for hydroxylation is 2. The van der Waals surface area contributed by atoms with Gasteiger partial charge in [0.1, 0.15) is 23.5 Å². The second kappa shape index (κ2) is 6.00. The van der Waals surface area contributed by atoms with Gasteiger partial charge in [-0.1, -0.05) is 13.3 Å². The molecule has 1 amide bonds. The molecule has 0 spiro atoms. The van der Waals surface area contributed by atoms with E-state index in [9.17, 15) is 14.4 Å². The van der Waals surface area contributed by atoms with E-state index in [2.05, 4.69) is 10.3 Å². The number of hydrogen-bond donors (Lipinski definition) is 2. The Hall–Kier alpha value is -2.64. The van der Waals surface area contributed by atoms with Crippen LogP contribution in [0.4, 0.5) is 0 Å². The van der Waals surface area contributed by atoms with Crippen LogP contribution < -0.4 is 10.9 Å². The van der Waals surface area contributed by atoms with Gasteiger partial charge in [-0.05, 0) is 13.3 Å². The summed E-state index contributed by atoms with van der Waals surface area (Å²) in [6.45, 7) is 3.35. The van der Waals surface area contributed by atoms with E-state index in [1.54, 1.807) is 0 Å². The number of carbonyl (C=O) groups excluding carboxylic acids is 1. The molecule has 0 aliphatic heterocycles. The lowest BCUT2D eigenvalue weighted by Crippen LogP contribution is -2.41. The number of nitrogens with one attached hydrogen (secondary N) is 1. The van der Waals surface area contributed by atoms with Gasteiger partial charge in [0.25, 0.3) is 11.5 Å². The fourth-order valence-electron chi connectivity index (χ4n) is 2.24. The highest BCUT2D eigenvalue weighted by molar-refractivity contribution is 6.07. The molecule has 0 aliphatic carbocycles.